The highest BCUT2D eigenvalue weighted by atomic mass is 16.2. The minimum absolute atomic E-state index is 0.00587. The van der Waals surface area contributed by atoms with E-state index in [4.69, 9.17) is 0 Å². The normalized spacial score (nSPS) is 16.1. The summed E-state index contributed by atoms with van der Waals surface area (Å²) < 4.78 is 3.24. The molecule has 29 heavy (non-hydrogen) atoms. The molecule has 152 valence electrons. The number of fused-ring (bicyclic) bond motifs is 1. The van der Waals surface area contributed by atoms with E-state index >= 15 is 0 Å². The summed E-state index contributed by atoms with van der Waals surface area (Å²) in [7, 11) is 1.65. The van der Waals surface area contributed by atoms with Crippen LogP contribution in [0, 0.1) is 5.92 Å². The Bertz CT molecular complexity index is 1060. The van der Waals surface area contributed by atoms with Crippen LogP contribution in [0.25, 0.3) is 11.0 Å². The fourth-order valence-corrected chi connectivity index (χ4v) is 3.83. The number of hydrogen-bond acceptors (Lipinski definition) is 5. The predicted octanol–water partition coefficient (Wildman–Crippen LogP) is 1.72. The van der Waals surface area contributed by atoms with Gasteiger partial charge >= 0.3 is 0 Å². The quantitative estimate of drug-likeness (QED) is 0.712. The molecule has 2 aromatic heterocycles. The van der Waals surface area contributed by atoms with Crippen molar-refractivity contribution in [3.63, 3.8) is 0 Å². The molecule has 1 atom stereocenters. The van der Waals surface area contributed by atoms with Crippen molar-refractivity contribution in [2.24, 2.45) is 13.0 Å². The summed E-state index contributed by atoms with van der Waals surface area (Å²) in [6.45, 7) is 4.28. The number of benzene rings is 1. The summed E-state index contributed by atoms with van der Waals surface area (Å²) in [5, 5.41) is 7.20. The molecule has 3 aromatic rings. The first-order chi connectivity index (χ1) is 14.0. The van der Waals surface area contributed by atoms with Gasteiger partial charge in [-0.15, -0.1) is 0 Å². The third-order valence-electron chi connectivity index (χ3n) is 5.78. The molecule has 0 radical (unpaired) electrons. The Morgan fingerprint density at radius 1 is 1.28 bits per heavy atom. The molecule has 8 nitrogen and oxygen atoms in total. The summed E-state index contributed by atoms with van der Waals surface area (Å²) in [5.74, 6) is 0.438. The standard InChI is InChI=1S/C21H26N6O2/c1-15(27-14-23-18-5-3-4-6-19(18)27)21(29)22-12-16-7-9-26(10-8-16)17-11-20(28)25(2)24-13-17/h3-6,11,13-16H,7-10,12H2,1-2H3,(H,22,29)/t15-/m1/s1. The van der Waals surface area contributed by atoms with Crippen LogP contribution < -0.4 is 15.8 Å². The van der Waals surface area contributed by atoms with Gasteiger partial charge in [-0.3, -0.25) is 9.59 Å². The number of carbonyl (C=O) groups excluding carboxylic acids is 1. The van der Waals surface area contributed by atoms with E-state index in [1.807, 2.05) is 35.8 Å². The van der Waals surface area contributed by atoms with Gasteiger partial charge in [0.05, 0.1) is 29.2 Å². The maximum atomic E-state index is 12.7. The summed E-state index contributed by atoms with van der Waals surface area (Å²) >= 11 is 0. The first-order valence-electron chi connectivity index (χ1n) is 10.0. The number of nitrogens with one attached hydrogen (secondary N) is 1. The zero-order valence-corrected chi connectivity index (χ0v) is 16.8. The summed E-state index contributed by atoms with van der Waals surface area (Å²) in [5.41, 5.74) is 2.63. The van der Waals surface area contributed by atoms with Crippen molar-refractivity contribution in [2.45, 2.75) is 25.8 Å². The molecule has 1 N–H and O–H groups in total. The van der Waals surface area contributed by atoms with E-state index in [1.54, 1.807) is 25.6 Å². The maximum absolute atomic E-state index is 12.7. The van der Waals surface area contributed by atoms with Crippen molar-refractivity contribution in [1.82, 2.24) is 24.6 Å². The number of hydrogen-bond donors (Lipinski definition) is 1. The van der Waals surface area contributed by atoms with Gasteiger partial charge < -0.3 is 14.8 Å². The Morgan fingerprint density at radius 3 is 2.79 bits per heavy atom. The lowest BCUT2D eigenvalue weighted by Crippen LogP contribution is -2.40. The van der Waals surface area contributed by atoms with E-state index in [0.717, 1.165) is 42.7 Å². The molecule has 0 aliphatic carbocycles. The minimum atomic E-state index is -0.311. The van der Waals surface area contributed by atoms with Crippen LogP contribution >= 0.6 is 0 Å². The predicted molar refractivity (Wildman–Crippen MR) is 112 cm³/mol. The summed E-state index contributed by atoms with van der Waals surface area (Å²) in [6.07, 6.45) is 5.40. The number of aryl methyl sites for hydroxylation is 1. The van der Waals surface area contributed by atoms with Crippen molar-refractivity contribution >= 4 is 22.6 Å². The zero-order chi connectivity index (χ0) is 20.4. The Hall–Kier alpha value is -3.16. The second-order valence-electron chi connectivity index (χ2n) is 7.67. The van der Waals surface area contributed by atoms with Crippen LogP contribution in [0.5, 0.6) is 0 Å². The van der Waals surface area contributed by atoms with Gasteiger partial charge in [0.25, 0.3) is 5.56 Å². The third-order valence-corrected chi connectivity index (χ3v) is 5.78. The molecular weight excluding hydrogens is 368 g/mol. The van der Waals surface area contributed by atoms with E-state index in [9.17, 15) is 9.59 Å². The average Bonchev–Trinajstić information content (AvgIpc) is 3.18. The first kappa shape index (κ1) is 19.2. The number of piperidine rings is 1. The molecule has 0 bridgehead atoms. The van der Waals surface area contributed by atoms with Crippen LogP contribution in [0.15, 0.2) is 47.7 Å². The second-order valence-corrected chi connectivity index (χ2v) is 7.67. The largest absolute Gasteiger partial charge is 0.370 e. The van der Waals surface area contributed by atoms with Crippen LogP contribution in [0.4, 0.5) is 5.69 Å². The van der Waals surface area contributed by atoms with E-state index in [0.29, 0.717) is 12.5 Å². The molecule has 1 aliphatic heterocycles. The highest BCUT2D eigenvalue weighted by Gasteiger charge is 2.22. The number of nitrogens with zero attached hydrogens (tertiary/aromatic N) is 5. The van der Waals surface area contributed by atoms with Crippen LogP contribution in [-0.2, 0) is 11.8 Å². The lowest BCUT2D eigenvalue weighted by molar-refractivity contribution is -0.124. The summed E-state index contributed by atoms with van der Waals surface area (Å²) in [4.78, 5) is 31.0. The maximum Gasteiger partial charge on any atom is 0.268 e. The molecule has 0 unspecified atom stereocenters. The van der Waals surface area contributed by atoms with Gasteiger partial charge in [-0.05, 0) is 37.8 Å². The fraction of sp³-hybridized carbons (Fsp3) is 0.429. The number of rotatable bonds is 5. The van der Waals surface area contributed by atoms with Crippen molar-refractivity contribution in [1.29, 1.82) is 0 Å². The van der Waals surface area contributed by atoms with Gasteiger partial charge in [0.2, 0.25) is 5.91 Å². The lowest BCUT2D eigenvalue weighted by Gasteiger charge is -2.33. The third kappa shape index (κ3) is 4.01. The van der Waals surface area contributed by atoms with E-state index < -0.39 is 0 Å². The van der Waals surface area contributed by atoms with Crippen LogP contribution in [0.2, 0.25) is 0 Å². The second kappa shape index (κ2) is 8.06. The Morgan fingerprint density at radius 2 is 2.03 bits per heavy atom. The van der Waals surface area contributed by atoms with Crippen LogP contribution in [0.1, 0.15) is 25.8 Å². The fourth-order valence-electron chi connectivity index (χ4n) is 3.83. The number of imidazole rings is 1. The molecule has 3 heterocycles. The number of aromatic nitrogens is 4. The number of carbonyl (C=O) groups is 1. The van der Waals surface area contributed by atoms with Crippen molar-refractivity contribution in [3.05, 3.63) is 53.2 Å². The molecule has 0 saturated carbocycles. The van der Waals surface area contributed by atoms with Gasteiger partial charge in [-0.2, -0.15) is 5.10 Å². The highest BCUT2D eigenvalue weighted by molar-refractivity contribution is 5.83. The molecule has 8 heteroatoms. The molecule has 1 aliphatic rings. The first-order valence-corrected chi connectivity index (χ1v) is 10.0. The number of anilines is 1. The van der Waals surface area contributed by atoms with Gasteiger partial charge in [0.15, 0.2) is 0 Å². The number of para-hydroxylation sites is 2. The van der Waals surface area contributed by atoms with Gasteiger partial charge in [0, 0.05) is 32.7 Å². The Labute approximate surface area is 169 Å². The van der Waals surface area contributed by atoms with Gasteiger partial charge in [-0.1, -0.05) is 12.1 Å². The highest BCUT2D eigenvalue weighted by Crippen LogP contribution is 2.22. The SMILES string of the molecule is C[C@H](C(=O)NCC1CCN(c2cnn(C)c(=O)c2)CC1)n1cnc2ccccc21. The van der Waals surface area contributed by atoms with E-state index in [2.05, 4.69) is 20.3 Å². The molecule has 0 spiro atoms. The number of amides is 1. The lowest BCUT2D eigenvalue weighted by atomic mass is 9.96. The Kier molecular flexibility index (Phi) is 5.33. The van der Waals surface area contributed by atoms with Crippen molar-refractivity contribution in [3.8, 4) is 0 Å². The zero-order valence-electron chi connectivity index (χ0n) is 16.8. The molecule has 1 aromatic carbocycles. The van der Waals surface area contributed by atoms with E-state index in [1.165, 1.54) is 4.68 Å². The minimum Gasteiger partial charge on any atom is -0.370 e. The molecule has 1 amide bonds. The smallest absolute Gasteiger partial charge is 0.268 e. The monoisotopic (exact) mass is 394 g/mol. The molecule has 4 rings (SSSR count). The van der Waals surface area contributed by atoms with Gasteiger partial charge in [0.1, 0.15) is 6.04 Å². The van der Waals surface area contributed by atoms with Crippen molar-refractivity contribution in [2.75, 3.05) is 24.5 Å². The molecular formula is C21H26N6O2. The average molecular weight is 394 g/mol. The van der Waals surface area contributed by atoms with Crippen LogP contribution in [-0.4, -0.2) is 44.9 Å². The van der Waals surface area contributed by atoms with Crippen LogP contribution in [0.3, 0.4) is 0 Å². The van der Waals surface area contributed by atoms with E-state index in [-0.39, 0.29) is 17.5 Å². The van der Waals surface area contributed by atoms with Crippen molar-refractivity contribution < 1.29 is 4.79 Å². The Balaban J connectivity index is 1.30. The molecule has 1 fully saturated rings. The summed E-state index contributed by atoms with van der Waals surface area (Å²) in [6, 6.07) is 9.15. The topological polar surface area (TPSA) is 85.0 Å². The van der Waals surface area contributed by atoms with Gasteiger partial charge in [-0.25, -0.2) is 9.67 Å². The molecule has 1 saturated heterocycles.